The number of alkyl halides is 3. The Morgan fingerprint density at radius 2 is 1.66 bits per heavy atom. The van der Waals surface area contributed by atoms with E-state index in [9.17, 15) is 31.7 Å². The number of nitro benzene ring substituents is 1. The number of hydrogen-bond acceptors (Lipinski definition) is 5. The zero-order valence-corrected chi connectivity index (χ0v) is 15.5. The van der Waals surface area contributed by atoms with E-state index in [-0.39, 0.29) is 22.8 Å². The van der Waals surface area contributed by atoms with Crippen LogP contribution in [0, 0.1) is 10.1 Å². The predicted octanol–water partition coefficient (Wildman–Crippen LogP) is 3.84. The van der Waals surface area contributed by atoms with E-state index in [0.717, 1.165) is 29.1 Å². The molecule has 0 amide bonds. The van der Waals surface area contributed by atoms with Crippen LogP contribution in [0.15, 0.2) is 54.6 Å². The summed E-state index contributed by atoms with van der Waals surface area (Å²) in [7, 11) is -3.50. The maximum atomic E-state index is 13.2. The van der Waals surface area contributed by atoms with E-state index in [1.807, 2.05) is 0 Å². The van der Waals surface area contributed by atoms with E-state index in [1.54, 1.807) is 0 Å². The number of non-ortho nitro benzene ring substituents is 1. The first-order valence-electron chi connectivity index (χ1n) is 7.94. The van der Waals surface area contributed by atoms with Crippen molar-refractivity contribution in [1.29, 1.82) is 0 Å². The van der Waals surface area contributed by atoms with Crippen molar-refractivity contribution in [2.24, 2.45) is 0 Å². The number of aromatic nitrogens is 2. The molecule has 0 bridgehead atoms. The molecule has 1 heterocycles. The van der Waals surface area contributed by atoms with Gasteiger partial charge >= 0.3 is 6.18 Å². The van der Waals surface area contributed by atoms with Gasteiger partial charge in [-0.3, -0.25) is 14.8 Å². The third-order valence-electron chi connectivity index (χ3n) is 3.79. The lowest BCUT2D eigenvalue weighted by Gasteiger charge is -2.09. The standard InChI is InChI=1S/C17H13F3N4O4S/c1-29(27,28)22-12-4-2-11(3-5-12)15-10-16(17(18,19)20)21-23(15)13-6-8-14(9-7-13)24(25)26/h2-10,22H,1H3. The maximum Gasteiger partial charge on any atom is 0.435 e. The molecule has 0 aliphatic carbocycles. The Hall–Kier alpha value is -3.41. The summed E-state index contributed by atoms with van der Waals surface area (Å²) in [5.41, 5.74) is -0.491. The maximum absolute atomic E-state index is 13.2. The minimum Gasteiger partial charge on any atom is -0.284 e. The molecule has 29 heavy (non-hydrogen) atoms. The lowest BCUT2D eigenvalue weighted by atomic mass is 10.1. The molecular formula is C17H13F3N4O4S. The van der Waals surface area contributed by atoms with Gasteiger partial charge in [0.25, 0.3) is 5.69 Å². The van der Waals surface area contributed by atoms with Crippen molar-refractivity contribution in [3.05, 3.63) is 70.4 Å². The van der Waals surface area contributed by atoms with Gasteiger partial charge in [-0.05, 0) is 30.3 Å². The second-order valence-corrected chi connectivity index (χ2v) is 7.80. The summed E-state index contributed by atoms with van der Waals surface area (Å²) in [4.78, 5) is 10.2. The number of anilines is 1. The molecule has 1 N–H and O–H groups in total. The number of hydrogen-bond donors (Lipinski definition) is 1. The van der Waals surface area contributed by atoms with E-state index < -0.39 is 26.8 Å². The first-order valence-corrected chi connectivity index (χ1v) is 9.83. The van der Waals surface area contributed by atoms with Crippen LogP contribution < -0.4 is 4.72 Å². The van der Waals surface area contributed by atoms with Crippen molar-refractivity contribution in [2.75, 3.05) is 11.0 Å². The molecule has 12 heteroatoms. The lowest BCUT2D eigenvalue weighted by molar-refractivity contribution is -0.384. The highest BCUT2D eigenvalue weighted by Gasteiger charge is 2.35. The molecule has 0 saturated carbocycles. The molecule has 152 valence electrons. The first-order chi connectivity index (χ1) is 13.4. The molecule has 0 radical (unpaired) electrons. The summed E-state index contributed by atoms with van der Waals surface area (Å²) in [6.07, 6.45) is -3.72. The molecule has 1 aromatic heterocycles. The van der Waals surface area contributed by atoms with Crippen molar-refractivity contribution in [2.45, 2.75) is 6.18 Å². The van der Waals surface area contributed by atoms with Gasteiger partial charge in [0.2, 0.25) is 10.0 Å². The smallest absolute Gasteiger partial charge is 0.284 e. The fourth-order valence-corrected chi connectivity index (χ4v) is 3.12. The predicted molar refractivity (Wildman–Crippen MR) is 99.1 cm³/mol. The summed E-state index contributed by atoms with van der Waals surface area (Å²) in [6, 6.07) is 11.4. The van der Waals surface area contributed by atoms with Crippen LogP contribution in [0.1, 0.15) is 5.69 Å². The number of rotatable bonds is 5. The highest BCUT2D eigenvalue weighted by Crippen LogP contribution is 2.33. The number of nitrogens with zero attached hydrogens (tertiary/aromatic N) is 3. The number of nitro groups is 1. The topological polar surface area (TPSA) is 107 Å². The van der Waals surface area contributed by atoms with Gasteiger partial charge in [0.05, 0.1) is 22.6 Å². The Balaban J connectivity index is 2.08. The summed E-state index contributed by atoms with van der Waals surface area (Å²) >= 11 is 0. The molecule has 0 saturated heterocycles. The molecule has 0 aliphatic rings. The highest BCUT2D eigenvalue weighted by atomic mass is 32.2. The molecule has 2 aromatic carbocycles. The Morgan fingerprint density at radius 1 is 1.07 bits per heavy atom. The molecule has 3 rings (SSSR count). The molecule has 8 nitrogen and oxygen atoms in total. The van der Waals surface area contributed by atoms with Gasteiger partial charge in [-0.2, -0.15) is 18.3 Å². The van der Waals surface area contributed by atoms with Gasteiger partial charge in [-0.1, -0.05) is 12.1 Å². The molecule has 0 atom stereocenters. The summed E-state index contributed by atoms with van der Waals surface area (Å²) in [6.45, 7) is 0. The Morgan fingerprint density at radius 3 is 2.14 bits per heavy atom. The van der Waals surface area contributed by atoms with Crippen molar-refractivity contribution in [1.82, 2.24) is 9.78 Å². The minimum absolute atomic E-state index is 0.0806. The Bertz CT molecular complexity index is 1150. The quantitative estimate of drug-likeness (QED) is 0.493. The van der Waals surface area contributed by atoms with Crippen LogP contribution in [0.2, 0.25) is 0 Å². The lowest BCUT2D eigenvalue weighted by Crippen LogP contribution is -2.09. The van der Waals surface area contributed by atoms with Gasteiger partial charge in [0.15, 0.2) is 5.69 Å². The van der Waals surface area contributed by atoms with Crippen molar-refractivity contribution in [3.8, 4) is 16.9 Å². The fraction of sp³-hybridized carbons (Fsp3) is 0.118. The van der Waals surface area contributed by atoms with Crippen LogP contribution in [0.3, 0.4) is 0 Å². The number of nitrogens with one attached hydrogen (secondary N) is 1. The summed E-state index contributed by atoms with van der Waals surface area (Å²) < 4.78 is 65.4. The molecule has 3 aromatic rings. The molecule has 0 unspecified atom stereocenters. The first kappa shape index (κ1) is 20.3. The van der Waals surface area contributed by atoms with Crippen molar-refractivity contribution in [3.63, 3.8) is 0 Å². The normalized spacial score (nSPS) is 12.0. The average Bonchev–Trinajstić information content (AvgIpc) is 3.07. The van der Waals surface area contributed by atoms with Crippen LogP contribution in [0.25, 0.3) is 16.9 Å². The van der Waals surface area contributed by atoms with Crippen molar-refractivity contribution >= 4 is 21.4 Å². The van der Waals surface area contributed by atoms with Gasteiger partial charge in [-0.15, -0.1) is 0 Å². The van der Waals surface area contributed by atoms with Crippen LogP contribution in [-0.4, -0.2) is 29.4 Å². The summed E-state index contributed by atoms with van der Waals surface area (Å²) in [5.74, 6) is 0. The second kappa shape index (κ2) is 7.20. The van der Waals surface area contributed by atoms with E-state index in [2.05, 4.69) is 9.82 Å². The van der Waals surface area contributed by atoms with E-state index in [4.69, 9.17) is 0 Å². The number of benzene rings is 2. The average molecular weight is 426 g/mol. The van der Waals surface area contributed by atoms with Crippen LogP contribution in [0.5, 0.6) is 0 Å². The van der Waals surface area contributed by atoms with E-state index in [1.165, 1.54) is 36.4 Å². The minimum atomic E-state index is -4.70. The number of sulfonamides is 1. The highest BCUT2D eigenvalue weighted by molar-refractivity contribution is 7.92. The zero-order valence-electron chi connectivity index (χ0n) is 14.7. The monoisotopic (exact) mass is 426 g/mol. The third kappa shape index (κ3) is 4.71. The largest absolute Gasteiger partial charge is 0.435 e. The molecule has 0 spiro atoms. The van der Waals surface area contributed by atoms with Gasteiger partial charge in [0.1, 0.15) is 0 Å². The Labute approximate surface area is 162 Å². The SMILES string of the molecule is CS(=O)(=O)Nc1ccc(-c2cc(C(F)(F)F)nn2-c2ccc([N+](=O)[O-])cc2)cc1. The van der Waals surface area contributed by atoms with Crippen LogP contribution >= 0.6 is 0 Å². The molecular weight excluding hydrogens is 413 g/mol. The second-order valence-electron chi connectivity index (χ2n) is 6.05. The van der Waals surface area contributed by atoms with Gasteiger partial charge in [0, 0.05) is 23.4 Å². The van der Waals surface area contributed by atoms with Crippen LogP contribution in [0.4, 0.5) is 24.5 Å². The third-order valence-corrected chi connectivity index (χ3v) is 4.40. The zero-order chi connectivity index (χ0) is 21.4. The number of halogens is 3. The van der Waals surface area contributed by atoms with Crippen LogP contribution in [-0.2, 0) is 16.2 Å². The fourth-order valence-electron chi connectivity index (χ4n) is 2.56. The van der Waals surface area contributed by atoms with Gasteiger partial charge in [-0.25, -0.2) is 13.1 Å². The Kier molecular flexibility index (Phi) is 5.05. The van der Waals surface area contributed by atoms with E-state index >= 15 is 0 Å². The van der Waals surface area contributed by atoms with Gasteiger partial charge < -0.3 is 0 Å². The molecule has 0 fully saturated rings. The van der Waals surface area contributed by atoms with E-state index in [0.29, 0.717) is 5.56 Å². The molecule has 0 aliphatic heterocycles. The summed E-state index contributed by atoms with van der Waals surface area (Å²) in [5, 5.41) is 14.4. The van der Waals surface area contributed by atoms with Crippen molar-refractivity contribution < 1.29 is 26.5 Å².